The van der Waals surface area contributed by atoms with Gasteiger partial charge in [0.05, 0.1) is 5.25 Å². The lowest BCUT2D eigenvalue weighted by Crippen LogP contribution is -2.22. The van der Waals surface area contributed by atoms with Gasteiger partial charge in [-0.3, -0.25) is 4.98 Å². The van der Waals surface area contributed by atoms with Crippen LogP contribution in [0.15, 0.2) is 53.7 Å². The standard InChI is InChI=1S/C14H15ClN2S/c1-10(16)14(11-3-2-8-17-9-11)18-13-6-4-12(15)5-7-13/h2-10,14H,16H2,1H3. The zero-order valence-corrected chi connectivity index (χ0v) is 11.7. The van der Waals surface area contributed by atoms with E-state index in [-0.39, 0.29) is 11.3 Å². The van der Waals surface area contributed by atoms with Crippen LogP contribution in [0, 0.1) is 0 Å². The highest BCUT2D eigenvalue weighted by Gasteiger charge is 2.17. The van der Waals surface area contributed by atoms with Gasteiger partial charge in [-0.05, 0) is 42.8 Å². The van der Waals surface area contributed by atoms with Crippen LogP contribution >= 0.6 is 23.4 Å². The molecule has 1 aromatic heterocycles. The van der Waals surface area contributed by atoms with E-state index in [4.69, 9.17) is 17.3 Å². The summed E-state index contributed by atoms with van der Waals surface area (Å²) in [6.07, 6.45) is 3.64. The Bertz CT molecular complexity index is 485. The van der Waals surface area contributed by atoms with Crippen LogP contribution in [0.5, 0.6) is 0 Å². The van der Waals surface area contributed by atoms with Crippen molar-refractivity contribution in [3.8, 4) is 0 Å². The summed E-state index contributed by atoms with van der Waals surface area (Å²) in [6.45, 7) is 2.01. The first-order chi connectivity index (χ1) is 8.66. The number of thioether (sulfide) groups is 1. The molecule has 0 saturated heterocycles. The molecule has 4 heteroatoms. The number of hydrogen-bond donors (Lipinski definition) is 1. The molecule has 2 unspecified atom stereocenters. The molecule has 2 nitrogen and oxygen atoms in total. The molecule has 1 aromatic carbocycles. The maximum Gasteiger partial charge on any atom is 0.0508 e. The molecule has 0 aliphatic carbocycles. The fourth-order valence-corrected chi connectivity index (χ4v) is 2.89. The summed E-state index contributed by atoms with van der Waals surface area (Å²) in [4.78, 5) is 5.31. The summed E-state index contributed by atoms with van der Waals surface area (Å²) in [5.41, 5.74) is 7.22. The lowest BCUT2D eigenvalue weighted by atomic mass is 10.1. The maximum absolute atomic E-state index is 6.07. The second-order valence-electron chi connectivity index (χ2n) is 4.14. The average Bonchev–Trinajstić information content (AvgIpc) is 2.38. The summed E-state index contributed by atoms with van der Waals surface area (Å²) < 4.78 is 0. The molecule has 18 heavy (non-hydrogen) atoms. The van der Waals surface area contributed by atoms with E-state index in [9.17, 15) is 0 Å². The Morgan fingerprint density at radius 2 is 1.94 bits per heavy atom. The lowest BCUT2D eigenvalue weighted by Gasteiger charge is -2.20. The number of pyridine rings is 1. The van der Waals surface area contributed by atoms with E-state index in [0.717, 1.165) is 15.5 Å². The smallest absolute Gasteiger partial charge is 0.0508 e. The topological polar surface area (TPSA) is 38.9 Å². The van der Waals surface area contributed by atoms with Crippen LogP contribution < -0.4 is 5.73 Å². The van der Waals surface area contributed by atoms with Gasteiger partial charge in [0.1, 0.15) is 0 Å². The van der Waals surface area contributed by atoms with E-state index in [0.29, 0.717) is 0 Å². The molecule has 0 spiro atoms. The monoisotopic (exact) mass is 278 g/mol. The van der Waals surface area contributed by atoms with Gasteiger partial charge in [0.2, 0.25) is 0 Å². The van der Waals surface area contributed by atoms with Gasteiger partial charge < -0.3 is 5.73 Å². The molecule has 2 atom stereocenters. The average molecular weight is 279 g/mol. The quantitative estimate of drug-likeness (QED) is 0.862. The number of halogens is 1. The van der Waals surface area contributed by atoms with Crippen molar-refractivity contribution in [1.82, 2.24) is 4.98 Å². The summed E-state index contributed by atoms with van der Waals surface area (Å²) in [7, 11) is 0. The molecule has 0 bridgehead atoms. The van der Waals surface area contributed by atoms with E-state index < -0.39 is 0 Å². The van der Waals surface area contributed by atoms with Crippen LogP contribution in [0.4, 0.5) is 0 Å². The van der Waals surface area contributed by atoms with E-state index in [1.54, 1.807) is 18.0 Å². The number of nitrogens with two attached hydrogens (primary N) is 1. The highest BCUT2D eigenvalue weighted by atomic mass is 35.5. The third kappa shape index (κ3) is 3.48. The molecule has 0 fully saturated rings. The Balaban J connectivity index is 2.19. The van der Waals surface area contributed by atoms with Crippen molar-refractivity contribution in [2.45, 2.75) is 23.1 Å². The molecule has 0 radical (unpaired) electrons. The predicted octanol–water partition coefficient (Wildman–Crippen LogP) is 3.92. The fourth-order valence-electron chi connectivity index (χ4n) is 1.68. The van der Waals surface area contributed by atoms with E-state index in [1.165, 1.54) is 0 Å². The van der Waals surface area contributed by atoms with Gasteiger partial charge >= 0.3 is 0 Å². The Morgan fingerprint density at radius 3 is 2.50 bits per heavy atom. The maximum atomic E-state index is 6.07. The minimum absolute atomic E-state index is 0.0508. The van der Waals surface area contributed by atoms with E-state index >= 15 is 0 Å². The molecule has 0 amide bonds. The summed E-state index contributed by atoms with van der Waals surface area (Å²) in [6, 6.07) is 11.9. The number of benzene rings is 1. The zero-order chi connectivity index (χ0) is 13.0. The van der Waals surface area contributed by atoms with Gasteiger partial charge in [0, 0.05) is 28.4 Å². The Kier molecular flexibility index (Phi) is 4.64. The van der Waals surface area contributed by atoms with Crippen LogP contribution in [-0.2, 0) is 0 Å². The van der Waals surface area contributed by atoms with Crippen molar-refractivity contribution in [2.24, 2.45) is 5.73 Å². The Labute approximate surface area is 117 Å². The van der Waals surface area contributed by atoms with Crippen LogP contribution in [0.1, 0.15) is 17.7 Å². The number of aromatic nitrogens is 1. The molecule has 1 heterocycles. The van der Waals surface area contributed by atoms with Crippen molar-refractivity contribution in [3.63, 3.8) is 0 Å². The van der Waals surface area contributed by atoms with Gasteiger partial charge in [0.25, 0.3) is 0 Å². The summed E-state index contributed by atoms with van der Waals surface area (Å²) in [5, 5.41) is 0.943. The highest BCUT2D eigenvalue weighted by Crippen LogP contribution is 2.37. The van der Waals surface area contributed by atoms with Crippen molar-refractivity contribution in [1.29, 1.82) is 0 Å². The van der Waals surface area contributed by atoms with Gasteiger partial charge in [-0.1, -0.05) is 17.7 Å². The first-order valence-corrected chi connectivity index (χ1v) is 7.00. The third-order valence-corrected chi connectivity index (χ3v) is 4.32. The summed E-state index contributed by atoms with van der Waals surface area (Å²) >= 11 is 7.62. The van der Waals surface area contributed by atoms with E-state index in [2.05, 4.69) is 11.1 Å². The first-order valence-electron chi connectivity index (χ1n) is 5.74. The molecule has 0 saturated carbocycles. The Morgan fingerprint density at radius 1 is 1.22 bits per heavy atom. The molecule has 0 aliphatic heterocycles. The molecule has 2 aromatic rings. The van der Waals surface area contributed by atoms with Crippen molar-refractivity contribution in [3.05, 3.63) is 59.4 Å². The second kappa shape index (κ2) is 6.23. The van der Waals surface area contributed by atoms with Crippen LogP contribution in [0.25, 0.3) is 0 Å². The van der Waals surface area contributed by atoms with Crippen LogP contribution in [-0.4, -0.2) is 11.0 Å². The van der Waals surface area contributed by atoms with Crippen LogP contribution in [0.2, 0.25) is 5.02 Å². The lowest BCUT2D eigenvalue weighted by molar-refractivity contribution is 0.719. The van der Waals surface area contributed by atoms with Crippen LogP contribution in [0.3, 0.4) is 0 Å². The molecular formula is C14H15ClN2S. The number of nitrogens with zero attached hydrogens (tertiary/aromatic N) is 1. The van der Waals surface area contributed by atoms with Gasteiger partial charge in [-0.15, -0.1) is 11.8 Å². The second-order valence-corrected chi connectivity index (χ2v) is 5.79. The molecule has 0 aliphatic rings. The van der Waals surface area contributed by atoms with Gasteiger partial charge in [-0.2, -0.15) is 0 Å². The third-order valence-electron chi connectivity index (χ3n) is 2.57. The van der Waals surface area contributed by atoms with Gasteiger partial charge in [0.15, 0.2) is 0 Å². The fraction of sp³-hybridized carbons (Fsp3) is 0.214. The minimum Gasteiger partial charge on any atom is -0.327 e. The Hall–Kier alpha value is -1.03. The molecule has 2 rings (SSSR count). The minimum atomic E-state index is 0.0508. The largest absolute Gasteiger partial charge is 0.327 e. The van der Waals surface area contributed by atoms with Gasteiger partial charge in [-0.25, -0.2) is 0 Å². The van der Waals surface area contributed by atoms with E-state index in [1.807, 2.05) is 43.5 Å². The summed E-state index contributed by atoms with van der Waals surface area (Å²) in [5.74, 6) is 0. The highest BCUT2D eigenvalue weighted by molar-refractivity contribution is 7.99. The zero-order valence-electron chi connectivity index (χ0n) is 10.1. The SMILES string of the molecule is CC(N)C(Sc1ccc(Cl)cc1)c1cccnc1. The molecule has 2 N–H and O–H groups in total. The molecular weight excluding hydrogens is 264 g/mol. The van der Waals surface area contributed by atoms with Crippen molar-refractivity contribution < 1.29 is 0 Å². The predicted molar refractivity (Wildman–Crippen MR) is 77.9 cm³/mol. The normalized spacial score (nSPS) is 14.2. The number of rotatable bonds is 4. The first kappa shape index (κ1) is 13.4. The van der Waals surface area contributed by atoms with Crippen molar-refractivity contribution in [2.75, 3.05) is 0 Å². The number of hydrogen-bond acceptors (Lipinski definition) is 3. The molecule has 94 valence electrons. The van der Waals surface area contributed by atoms with Crippen molar-refractivity contribution >= 4 is 23.4 Å².